The molecule has 0 saturated carbocycles. The Morgan fingerprint density at radius 3 is 2.38 bits per heavy atom. The van der Waals surface area contributed by atoms with E-state index in [0.29, 0.717) is 0 Å². The van der Waals surface area contributed by atoms with Crippen LogP contribution in [-0.2, 0) is 32.9 Å². The zero-order chi connectivity index (χ0) is 11.5. The van der Waals surface area contributed by atoms with E-state index in [0.717, 1.165) is 12.3 Å². The monoisotopic (exact) mass is 397 g/mol. The molecule has 3 nitrogen and oxygen atoms in total. The van der Waals surface area contributed by atoms with Crippen molar-refractivity contribution in [1.82, 2.24) is 9.13 Å². The summed E-state index contributed by atoms with van der Waals surface area (Å²) in [4.78, 5) is 0. The Bertz CT molecular complexity index is 525. The summed E-state index contributed by atoms with van der Waals surface area (Å²) in [5, 5.41) is 0. The molecule has 0 spiro atoms. The van der Waals surface area contributed by atoms with Crippen molar-refractivity contribution in [2.75, 3.05) is 7.11 Å². The van der Waals surface area contributed by atoms with Crippen LogP contribution >= 0.6 is 0 Å². The predicted molar refractivity (Wildman–Crippen MR) is 58.7 cm³/mol. The van der Waals surface area contributed by atoms with Crippen LogP contribution in [0.2, 0.25) is 0 Å². The second kappa shape index (κ2) is 4.83. The van der Waals surface area contributed by atoms with Crippen molar-refractivity contribution < 1.29 is 24.1 Å². The summed E-state index contributed by atoms with van der Waals surface area (Å²) in [5.41, 5.74) is 1.27. The van der Waals surface area contributed by atoms with E-state index in [9.17, 15) is 0 Å². The first-order chi connectivity index (χ1) is 7.70. The van der Waals surface area contributed by atoms with Crippen LogP contribution in [-0.4, -0.2) is 16.2 Å². The zero-order valence-electron chi connectivity index (χ0n) is 9.29. The second-order valence-corrected chi connectivity index (χ2v) is 4.64. The topological polar surface area (TPSA) is 19.1 Å². The third kappa shape index (κ3) is 2.35. The average Bonchev–Trinajstić information content (AvgIpc) is 2.62. The molecule has 2 aromatic rings. The van der Waals surface area contributed by atoms with E-state index < -0.39 is 0 Å². The number of hydrogen-bond acceptors (Lipinski definition) is 1. The van der Waals surface area contributed by atoms with E-state index in [1.807, 2.05) is 19.2 Å². The number of hydrogen-bond donors (Lipinski definition) is 0. The van der Waals surface area contributed by atoms with Gasteiger partial charge in [-0.2, -0.15) is 0 Å². The molecule has 1 heterocycles. The Hall–Kier alpha value is -1.08. The maximum atomic E-state index is 5.13. The number of benzene rings is 1. The van der Waals surface area contributed by atoms with Gasteiger partial charge < -0.3 is 0 Å². The number of aryl methyl sites for hydroxylation is 1. The van der Waals surface area contributed by atoms with Crippen molar-refractivity contribution in [3.05, 3.63) is 46.0 Å². The molecule has 0 saturated heterocycles. The van der Waals surface area contributed by atoms with Crippen LogP contribution in [0.4, 0.5) is 0 Å². The third-order valence-corrected chi connectivity index (χ3v) is 3.92. The summed E-state index contributed by atoms with van der Waals surface area (Å²) in [6.45, 7) is 0.893. The molecule has 0 atom stereocenters. The van der Waals surface area contributed by atoms with Gasteiger partial charge in [0.05, 0.1) is 0 Å². The third-order valence-electron chi connectivity index (χ3n) is 2.47. The van der Waals surface area contributed by atoms with Crippen LogP contribution in [0.3, 0.4) is 0 Å². The summed E-state index contributed by atoms with van der Waals surface area (Å²) in [6.07, 6.45) is 4.15. The number of rotatable bonds is 3. The number of nitrogens with zero attached hydrogens (tertiary/aromatic N) is 2. The average molecular weight is 397 g/mol. The molecule has 2 rings (SSSR count). The van der Waals surface area contributed by atoms with Crippen LogP contribution in [0.1, 0.15) is 5.56 Å². The van der Waals surface area contributed by atoms with Gasteiger partial charge in [-0.25, -0.2) is 0 Å². The fourth-order valence-corrected chi connectivity index (χ4v) is 2.06. The molecular formula is C12H14N2OPt. The minimum atomic E-state index is 0.893. The molecule has 4 heteroatoms. The maximum absolute atomic E-state index is 5.13. The fourth-order valence-electron chi connectivity index (χ4n) is 1.54. The molecule has 0 aliphatic rings. The molecule has 1 aromatic heterocycles. The molecule has 0 N–H and O–H groups in total. The van der Waals surface area contributed by atoms with E-state index >= 15 is 0 Å². The molecule has 0 aliphatic heterocycles. The summed E-state index contributed by atoms with van der Waals surface area (Å²) in [6, 6.07) is 8.17. The van der Waals surface area contributed by atoms with E-state index in [1.54, 1.807) is 7.11 Å². The molecule has 0 amide bonds. The van der Waals surface area contributed by atoms with Crippen molar-refractivity contribution in [1.29, 1.82) is 0 Å². The molecule has 0 radical (unpaired) electrons. The normalized spacial score (nSPS) is 10.5. The SMILES string of the molecule is COc1ccc(Cn2ccn(C)[c]2=[Pt])cc1. The van der Waals surface area contributed by atoms with Crippen LogP contribution in [0.25, 0.3) is 0 Å². The number of ether oxygens (including phenoxy) is 1. The minimum absolute atomic E-state index is 0.893. The summed E-state index contributed by atoms with van der Waals surface area (Å²) >= 11 is 2.33. The molecule has 0 unspecified atom stereocenters. The van der Waals surface area contributed by atoms with Crippen molar-refractivity contribution >= 4 is 0 Å². The molecule has 16 heavy (non-hydrogen) atoms. The van der Waals surface area contributed by atoms with Gasteiger partial charge in [0.15, 0.2) is 0 Å². The Morgan fingerprint density at radius 2 is 1.88 bits per heavy atom. The Labute approximate surface area is 106 Å². The van der Waals surface area contributed by atoms with Gasteiger partial charge in [0.25, 0.3) is 0 Å². The van der Waals surface area contributed by atoms with Crippen LogP contribution < -0.4 is 4.74 Å². The quantitative estimate of drug-likeness (QED) is 0.775. The van der Waals surface area contributed by atoms with Gasteiger partial charge in [-0.1, -0.05) is 0 Å². The fraction of sp³-hybridized carbons (Fsp3) is 0.250. The number of methoxy groups -OCH3 is 1. The van der Waals surface area contributed by atoms with Gasteiger partial charge in [-0.15, -0.1) is 0 Å². The summed E-state index contributed by atoms with van der Waals surface area (Å²) < 4.78 is 10.7. The summed E-state index contributed by atoms with van der Waals surface area (Å²) in [7, 11) is 3.73. The van der Waals surface area contributed by atoms with E-state index in [-0.39, 0.29) is 0 Å². The first-order valence-corrected chi connectivity index (χ1v) is 6.14. The van der Waals surface area contributed by atoms with Crippen molar-refractivity contribution in [3.8, 4) is 5.75 Å². The molecule has 0 aliphatic carbocycles. The van der Waals surface area contributed by atoms with Crippen molar-refractivity contribution in [2.24, 2.45) is 7.05 Å². The van der Waals surface area contributed by atoms with Gasteiger partial charge >= 0.3 is 106 Å². The first kappa shape index (κ1) is 11.4. The van der Waals surface area contributed by atoms with Gasteiger partial charge in [0, 0.05) is 0 Å². The Kier molecular flexibility index (Phi) is 3.45. The van der Waals surface area contributed by atoms with Crippen LogP contribution in [0.5, 0.6) is 5.75 Å². The molecule has 0 bridgehead atoms. The van der Waals surface area contributed by atoms with Gasteiger partial charge in [0.1, 0.15) is 0 Å². The van der Waals surface area contributed by atoms with Gasteiger partial charge in [0.2, 0.25) is 0 Å². The van der Waals surface area contributed by atoms with Crippen LogP contribution in [0, 0.1) is 3.80 Å². The first-order valence-electron chi connectivity index (χ1n) is 5.01. The number of aromatic nitrogens is 2. The van der Waals surface area contributed by atoms with Crippen molar-refractivity contribution in [2.45, 2.75) is 6.54 Å². The van der Waals surface area contributed by atoms with Gasteiger partial charge in [-0.3, -0.25) is 0 Å². The van der Waals surface area contributed by atoms with Gasteiger partial charge in [-0.05, 0) is 0 Å². The van der Waals surface area contributed by atoms with E-state index in [1.165, 1.54) is 9.37 Å². The summed E-state index contributed by atoms with van der Waals surface area (Å²) in [5.74, 6) is 0.900. The van der Waals surface area contributed by atoms with Crippen LogP contribution in [0.15, 0.2) is 36.7 Å². The second-order valence-electron chi connectivity index (χ2n) is 3.63. The molecule has 1 aromatic carbocycles. The molecule has 0 fully saturated rings. The molecule has 88 valence electrons. The zero-order valence-corrected chi connectivity index (χ0v) is 11.6. The van der Waals surface area contributed by atoms with E-state index in [2.05, 4.69) is 53.0 Å². The number of imidazole rings is 1. The van der Waals surface area contributed by atoms with Crippen molar-refractivity contribution in [3.63, 3.8) is 0 Å². The standard InChI is InChI=1S/C12H14N2O.Pt/c1-13-7-8-14(10-13)9-11-3-5-12(15-2)6-4-11;/h3-8H,9H2,1-2H3;. The van der Waals surface area contributed by atoms with E-state index in [4.69, 9.17) is 4.74 Å². The Balaban J connectivity index is 2.21. The molecular weight excluding hydrogens is 383 g/mol. The Morgan fingerprint density at radius 1 is 1.19 bits per heavy atom. The predicted octanol–water partition coefficient (Wildman–Crippen LogP) is 1.96.